The number of rotatable bonds is 20. The van der Waals surface area contributed by atoms with Crippen LogP contribution in [0.25, 0.3) is 0 Å². The highest BCUT2D eigenvalue weighted by Crippen LogP contribution is 2.26. The fourth-order valence-corrected chi connectivity index (χ4v) is 5.05. The molecule has 0 bridgehead atoms. The molecule has 4 N–H and O–H groups in total. The SMILES string of the molecule is CCOC(=O)COc1ccc(OCC)c(CC(O)N[C@H](C(=O)NC(CC(=O)O)C(=O)CSCc2ccccc2)C(C)C)c1. The van der Waals surface area contributed by atoms with Crippen LogP contribution in [0.2, 0.25) is 0 Å². The van der Waals surface area contributed by atoms with E-state index >= 15 is 0 Å². The lowest BCUT2D eigenvalue weighted by Crippen LogP contribution is -2.55. The Morgan fingerprint density at radius 3 is 2.33 bits per heavy atom. The first-order chi connectivity index (χ1) is 20.5. The summed E-state index contributed by atoms with van der Waals surface area (Å²) >= 11 is 1.34. The summed E-state index contributed by atoms with van der Waals surface area (Å²) in [5.74, 6) is -1.57. The van der Waals surface area contributed by atoms with Gasteiger partial charge in [0.05, 0.1) is 37.5 Å². The maximum Gasteiger partial charge on any atom is 0.344 e. The number of carbonyl (C=O) groups is 4. The van der Waals surface area contributed by atoms with Crippen LogP contribution in [0.15, 0.2) is 48.5 Å². The number of hydrogen-bond acceptors (Lipinski definition) is 10. The van der Waals surface area contributed by atoms with Crippen molar-refractivity contribution >= 4 is 35.4 Å². The van der Waals surface area contributed by atoms with Crippen LogP contribution in [-0.2, 0) is 36.1 Å². The Hall–Kier alpha value is -3.61. The van der Waals surface area contributed by atoms with Crippen molar-refractivity contribution < 1.29 is 43.6 Å². The summed E-state index contributed by atoms with van der Waals surface area (Å²) in [6.45, 7) is 7.38. The lowest BCUT2D eigenvalue weighted by Gasteiger charge is -2.27. The van der Waals surface area contributed by atoms with Crippen molar-refractivity contribution in [2.45, 2.75) is 64.6 Å². The molecule has 0 fully saturated rings. The van der Waals surface area contributed by atoms with E-state index in [0.29, 0.717) is 29.4 Å². The second kappa shape index (κ2) is 18.8. The molecule has 0 aliphatic carbocycles. The molecule has 12 heteroatoms. The van der Waals surface area contributed by atoms with Crippen molar-refractivity contribution in [2.75, 3.05) is 25.6 Å². The molecule has 1 amide bonds. The van der Waals surface area contributed by atoms with Crippen molar-refractivity contribution in [1.29, 1.82) is 0 Å². The van der Waals surface area contributed by atoms with Gasteiger partial charge in [-0.25, -0.2) is 4.79 Å². The summed E-state index contributed by atoms with van der Waals surface area (Å²) in [6, 6.07) is 12.3. The van der Waals surface area contributed by atoms with E-state index in [-0.39, 0.29) is 31.3 Å². The van der Waals surface area contributed by atoms with Crippen LogP contribution >= 0.6 is 11.8 Å². The van der Waals surface area contributed by atoms with E-state index in [4.69, 9.17) is 14.2 Å². The van der Waals surface area contributed by atoms with Gasteiger partial charge in [-0.3, -0.25) is 19.7 Å². The van der Waals surface area contributed by atoms with Gasteiger partial charge in [0.1, 0.15) is 17.7 Å². The topological polar surface area (TPSA) is 160 Å². The predicted octanol–water partition coefficient (Wildman–Crippen LogP) is 2.96. The Bertz CT molecular complexity index is 1190. The Labute approximate surface area is 256 Å². The molecule has 0 saturated heterocycles. The number of benzene rings is 2. The number of aliphatic carboxylic acids is 1. The highest BCUT2D eigenvalue weighted by Gasteiger charge is 2.30. The number of aliphatic hydroxyl groups is 1. The number of hydrogen-bond donors (Lipinski definition) is 4. The van der Waals surface area contributed by atoms with E-state index < -0.39 is 48.4 Å². The Balaban J connectivity index is 2.07. The van der Waals surface area contributed by atoms with Gasteiger partial charge >= 0.3 is 11.9 Å². The highest BCUT2D eigenvalue weighted by atomic mass is 32.2. The molecular formula is C31H42N2O9S. The zero-order chi connectivity index (χ0) is 31.8. The van der Waals surface area contributed by atoms with Gasteiger partial charge in [-0.15, -0.1) is 11.8 Å². The minimum atomic E-state index is -1.22. The number of carboxylic acids is 1. The molecule has 11 nitrogen and oxygen atoms in total. The summed E-state index contributed by atoms with van der Waals surface area (Å²) in [6.07, 6.45) is -1.75. The fraction of sp³-hybridized carbons (Fsp3) is 0.484. The van der Waals surface area contributed by atoms with Gasteiger partial charge < -0.3 is 29.7 Å². The maximum absolute atomic E-state index is 13.3. The lowest BCUT2D eigenvalue weighted by molar-refractivity contribution is -0.145. The van der Waals surface area contributed by atoms with Crippen LogP contribution in [-0.4, -0.2) is 77.7 Å². The number of amides is 1. The third kappa shape index (κ3) is 13.1. The van der Waals surface area contributed by atoms with Gasteiger partial charge in [-0.05, 0) is 43.5 Å². The highest BCUT2D eigenvalue weighted by molar-refractivity contribution is 7.99. The van der Waals surface area contributed by atoms with E-state index in [9.17, 15) is 29.4 Å². The van der Waals surface area contributed by atoms with Crippen molar-refractivity contribution in [3.63, 3.8) is 0 Å². The monoisotopic (exact) mass is 618 g/mol. The molecule has 2 aromatic rings. The fourth-order valence-electron chi connectivity index (χ4n) is 4.12. The molecule has 0 saturated carbocycles. The van der Waals surface area contributed by atoms with Crippen LogP contribution in [0.5, 0.6) is 11.5 Å². The van der Waals surface area contributed by atoms with E-state index in [0.717, 1.165) is 5.56 Å². The average molecular weight is 619 g/mol. The normalized spacial score (nSPS) is 13.1. The quantitative estimate of drug-likeness (QED) is 0.128. The molecule has 0 aromatic heterocycles. The number of Topliss-reactive ketones (excluding diaryl/α,β-unsaturated/α-hetero) is 1. The second-order valence-electron chi connectivity index (χ2n) is 10.0. The second-order valence-corrected chi connectivity index (χ2v) is 11.0. The zero-order valence-electron chi connectivity index (χ0n) is 25.0. The summed E-state index contributed by atoms with van der Waals surface area (Å²) in [4.78, 5) is 49.3. The number of carboxylic acid groups (broad SMARTS) is 1. The first-order valence-electron chi connectivity index (χ1n) is 14.2. The Morgan fingerprint density at radius 2 is 1.70 bits per heavy atom. The summed E-state index contributed by atoms with van der Waals surface area (Å²) in [7, 11) is 0. The molecule has 0 spiro atoms. The smallest absolute Gasteiger partial charge is 0.344 e. The van der Waals surface area contributed by atoms with Crippen LogP contribution < -0.4 is 20.1 Å². The Kier molecular flexibility index (Phi) is 15.6. The molecule has 43 heavy (non-hydrogen) atoms. The van der Waals surface area contributed by atoms with E-state index in [1.54, 1.807) is 39.0 Å². The molecule has 0 aliphatic heterocycles. The molecule has 0 radical (unpaired) electrons. The van der Waals surface area contributed by atoms with Gasteiger partial charge in [-0.2, -0.15) is 0 Å². The number of ketones is 1. The van der Waals surface area contributed by atoms with Crippen molar-refractivity contribution in [3.8, 4) is 11.5 Å². The number of esters is 1. The van der Waals surface area contributed by atoms with Gasteiger partial charge in [0.25, 0.3) is 0 Å². The first kappa shape index (κ1) is 35.6. The molecule has 2 aromatic carbocycles. The van der Waals surface area contributed by atoms with E-state index in [2.05, 4.69) is 10.6 Å². The number of aliphatic hydroxyl groups excluding tert-OH is 1. The molecule has 236 valence electrons. The van der Waals surface area contributed by atoms with E-state index in [1.807, 2.05) is 37.3 Å². The van der Waals surface area contributed by atoms with Crippen LogP contribution in [0, 0.1) is 5.92 Å². The van der Waals surface area contributed by atoms with Crippen LogP contribution in [0.4, 0.5) is 0 Å². The molecule has 0 heterocycles. The number of ether oxygens (including phenoxy) is 3. The number of nitrogens with one attached hydrogen (secondary N) is 2. The first-order valence-corrected chi connectivity index (χ1v) is 15.3. The summed E-state index contributed by atoms with van der Waals surface area (Å²) in [5, 5.41) is 25.8. The standard InChI is InChI=1S/C31H42N2O9S/c1-5-40-26-13-12-23(42-17-29(38)41-6-2)14-22(26)15-27(35)33-30(20(3)4)31(39)32-24(16-28(36)37)25(34)19-43-18-21-10-8-7-9-11-21/h7-14,20,24,27,30,33,35H,5-6,15-19H2,1-4H3,(H,32,39)(H,36,37)/t24?,27?,30-/m0/s1. The molecular weight excluding hydrogens is 576 g/mol. The molecule has 0 aliphatic rings. The lowest BCUT2D eigenvalue weighted by atomic mass is 10.0. The molecule has 2 unspecified atom stereocenters. The average Bonchev–Trinajstić information content (AvgIpc) is 2.96. The summed E-state index contributed by atoms with van der Waals surface area (Å²) < 4.78 is 16.1. The predicted molar refractivity (Wildman–Crippen MR) is 163 cm³/mol. The number of carbonyl (C=O) groups excluding carboxylic acids is 3. The largest absolute Gasteiger partial charge is 0.494 e. The van der Waals surface area contributed by atoms with Gasteiger partial charge in [0, 0.05) is 17.7 Å². The molecule has 2 rings (SSSR count). The third-order valence-electron chi connectivity index (χ3n) is 6.17. The minimum Gasteiger partial charge on any atom is -0.494 e. The van der Waals surface area contributed by atoms with E-state index in [1.165, 1.54) is 11.8 Å². The van der Waals surface area contributed by atoms with Gasteiger partial charge in [0.2, 0.25) is 5.91 Å². The Morgan fingerprint density at radius 1 is 0.977 bits per heavy atom. The van der Waals surface area contributed by atoms with Crippen LogP contribution in [0.3, 0.4) is 0 Å². The van der Waals surface area contributed by atoms with Gasteiger partial charge in [-0.1, -0.05) is 44.2 Å². The minimum absolute atomic E-state index is 0.0239. The zero-order valence-corrected chi connectivity index (χ0v) is 25.9. The molecule has 3 atom stereocenters. The maximum atomic E-state index is 13.3. The van der Waals surface area contributed by atoms with Crippen LogP contribution in [0.1, 0.15) is 45.2 Å². The van der Waals surface area contributed by atoms with Crippen molar-refractivity contribution in [1.82, 2.24) is 10.6 Å². The third-order valence-corrected chi connectivity index (χ3v) is 7.19. The van der Waals surface area contributed by atoms with Gasteiger partial charge in [0.15, 0.2) is 12.4 Å². The summed E-state index contributed by atoms with van der Waals surface area (Å²) in [5.41, 5.74) is 1.60. The number of thioether (sulfide) groups is 1. The van der Waals surface area contributed by atoms with Crippen molar-refractivity contribution in [2.24, 2.45) is 5.92 Å². The van der Waals surface area contributed by atoms with Crippen molar-refractivity contribution in [3.05, 3.63) is 59.7 Å².